The third-order valence-electron chi connectivity index (χ3n) is 7.94. The van der Waals surface area contributed by atoms with E-state index in [4.69, 9.17) is 4.74 Å². The first kappa shape index (κ1) is 24.0. The van der Waals surface area contributed by atoms with Crippen LogP contribution in [0.25, 0.3) is 22.4 Å². The smallest absolute Gasteiger partial charge is 0.250 e. The number of fused-ring (bicyclic) bond motifs is 2. The molecule has 2 N–H and O–H groups in total. The summed E-state index contributed by atoms with van der Waals surface area (Å²) in [5.74, 6) is -0.290. The van der Waals surface area contributed by atoms with Gasteiger partial charge in [0.05, 0.1) is 19.3 Å². The number of phenolic OH excluding ortho intramolecular Hbond substituents is 1. The Bertz CT molecular complexity index is 1300. The quantitative estimate of drug-likeness (QED) is 0.505. The van der Waals surface area contributed by atoms with Crippen molar-refractivity contribution in [2.45, 2.75) is 75.3 Å². The number of rotatable bonds is 6. The van der Waals surface area contributed by atoms with Gasteiger partial charge in [-0.25, -0.2) is 18.7 Å². The number of alkyl halides is 1. The molecule has 0 amide bonds. The number of piperidine rings is 2. The number of benzene rings is 1. The molecule has 2 aliphatic heterocycles. The molecule has 0 radical (unpaired) electrons. The Labute approximate surface area is 214 Å². The van der Waals surface area contributed by atoms with Crippen LogP contribution >= 0.6 is 0 Å². The largest absolute Gasteiger partial charge is 0.507 e. The van der Waals surface area contributed by atoms with E-state index in [1.807, 2.05) is 11.8 Å². The number of methoxy groups -OCH3 is 1. The summed E-state index contributed by atoms with van der Waals surface area (Å²) in [4.78, 5) is 10.6. The lowest BCUT2D eigenvalue weighted by Gasteiger charge is -2.52. The van der Waals surface area contributed by atoms with Gasteiger partial charge in [0.1, 0.15) is 17.6 Å². The summed E-state index contributed by atoms with van der Waals surface area (Å²) in [5.41, 5.74) is 1.41. The number of phenols is 1. The van der Waals surface area contributed by atoms with Gasteiger partial charge in [-0.2, -0.15) is 0 Å². The molecule has 1 aliphatic carbocycles. The van der Waals surface area contributed by atoms with Gasteiger partial charge < -0.3 is 20.1 Å². The Balaban J connectivity index is 1.26. The van der Waals surface area contributed by atoms with Gasteiger partial charge in [0.2, 0.25) is 11.8 Å². The molecule has 8 nitrogen and oxygen atoms in total. The molecule has 0 unspecified atom stereocenters. The predicted octanol–water partition coefficient (Wildman–Crippen LogP) is 4.43. The monoisotopic (exact) mass is 508 g/mol. The van der Waals surface area contributed by atoms with Crippen molar-refractivity contribution in [3.05, 3.63) is 42.5 Å². The number of nitrogens with zero attached hydrogens (tertiary/aromatic N) is 5. The van der Waals surface area contributed by atoms with Gasteiger partial charge in [-0.15, -0.1) is 10.2 Å². The number of anilines is 1. The molecule has 37 heavy (non-hydrogen) atoms. The Morgan fingerprint density at radius 3 is 2.62 bits per heavy atom. The van der Waals surface area contributed by atoms with Gasteiger partial charge in [-0.3, -0.25) is 0 Å². The highest BCUT2D eigenvalue weighted by molar-refractivity contribution is 5.73. The molecule has 1 aromatic carbocycles. The summed E-state index contributed by atoms with van der Waals surface area (Å²) in [6.07, 6.45) is 7.66. The average Bonchev–Trinajstić information content (AvgIpc) is 3.73. The summed E-state index contributed by atoms with van der Waals surface area (Å²) in [6.45, 7) is 1.99. The third-order valence-corrected chi connectivity index (χ3v) is 7.94. The van der Waals surface area contributed by atoms with Crippen molar-refractivity contribution >= 4 is 5.95 Å². The highest BCUT2D eigenvalue weighted by Gasteiger charge is 2.52. The minimum atomic E-state index is -1.03. The molecule has 1 saturated carbocycles. The van der Waals surface area contributed by atoms with Crippen molar-refractivity contribution in [3.63, 3.8) is 0 Å². The lowest BCUT2D eigenvalue weighted by atomic mass is 9.73. The van der Waals surface area contributed by atoms with E-state index in [1.54, 1.807) is 18.3 Å². The molecule has 2 saturated heterocycles. The molecule has 194 valence electrons. The Morgan fingerprint density at radius 2 is 1.95 bits per heavy atom. The van der Waals surface area contributed by atoms with Crippen LogP contribution in [0, 0.1) is 5.82 Å². The van der Waals surface area contributed by atoms with Crippen LogP contribution in [0.4, 0.5) is 14.7 Å². The molecule has 10 heteroatoms. The second kappa shape index (κ2) is 9.16. The van der Waals surface area contributed by atoms with Crippen molar-refractivity contribution in [2.75, 3.05) is 12.0 Å². The fraction of sp³-hybridized carbons (Fsp3) is 0.481. The molecule has 4 heterocycles. The molecular formula is C27H30F2N6O2. The van der Waals surface area contributed by atoms with Gasteiger partial charge in [0.25, 0.3) is 0 Å². The van der Waals surface area contributed by atoms with Crippen LogP contribution in [0.5, 0.6) is 11.6 Å². The number of aromatic hydroxyl groups is 1. The number of ether oxygens (including phenoxy) is 1. The van der Waals surface area contributed by atoms with Gasteiger partial charge in [-0.05, 0) is 69.2 Å². The number of halogens is 2. The third kappa shape index (κ3) is 4.37. The highest BCUT2D eigenvalue weighted by Crippen LogP contribution is 2.42. The molecule has 2 bridgehead atoms. The van der Waals surface area contributed by atoms with E-state index in [1.165, 1.54) is 25.4 Å². The van der Waals surface area contributed by atoms with Crippen molar-refractivity contribution in [3.8, 4) is 34.0 Å². The normalized spacial score (nSPS) is 27.1. The van der Waals surface area contributed by atoms with E-state index in [-0.39, 0.29) is 23.7 Å². The first-order chi connectivity index (χ1) is 17.9. The lowest BCUT2D eigenvalue weighted by Crippen LogP contribution is -2.69. The van der Waals surface area contributed by atoms with Crippen molar-refractivity contribution in [1.82, 2.24) is 25.5 Å². The number of pyridine rings is 1. The Hall–Kier alpha value is -3.40. The summed E-state index contributed by atoms with van der Waals surface area (Å²) in [7, 11) is 1.35. The molecule has 3 fully saturated rings. The van der Waals surface area contributed by atoms with Crippen LogP contribution in [0.3, 0.4) is 0 Å². The first-order valence-corrected chi connectivity index (χ1v) is 12.8. The molecular weight excluding hydrogens is 478 g/mol. The summed E-state index contributed by atoms with van der Waals surface area (Å²) in [6, 6.07) is 6.49. The summed E-state index contributed by atoms with van der Waals surface area (Å²) >= 11 is 0. The summed E-state index contributed by atoms with van der Waals surface area (Å²) in [5, 5.41) is 23.0. The fourth-order valence-corrected chi connectivity index (χ4v) is 5.92. The number of nitrogens with one attached hydrogen (secondary N) is 1. The van der Waals surface area contributed by atoms with E-state index in [2.05, 4.69) is 25.5 Å². The zero-order valence-corrected chi connectivity index (χ0v) is 20.9. The minimum Gasteiger partial charge on any atom is -0.507 e. The van der Waals surface area contributed by atoms with Crippen molar-refractivity contribution < 1.29 is 18.6 Å². The van der Waals surface area contributed by atoms with E-state index in [0.717, 1.165) is 38.5 Å². The van der Waals surface area contributed by atoms with Crippen LogP contribution in [0.2, 0.25) is 0 Å². The maximum Gasteiger partial charge on any atom is 0.250 e. The molecule has 0 spiro atoms. The lowest BCUT2D eigenvalue weighted by molar-refractivity contribution is 0.0383. The minimum absolute atomic E-state index is 0.0421. The second-order valence-corrected chi connectivity index (χ2v) is 10.6. The van der Waals surface area contributed by atoms with Crippen LogP contribution in [0.15, 0.2) is 36.7 Å². The van der Waals surface area contributed by atoms with Crippen LogP contribution < -0.4 is 15.0 Å². The van der Waals surface area contributed by atoms with E-state index in [9.17, 15) is 9.50 Å². The van der Waals surface area contributed by atoms with Gasteiger partial charge >= 0.3 is 0 Å². The van der Waals surface area contributed by atoms with E-state index >= 15 is 4.39 Å². The topological polar surface area (TPSA) is 96.3 Å². The molecule has 3 aliphatic rings. The maximum absolute atomic E-state index is 15.8. The number of aromatic nitrogens is 4. The molecule has 3 aromatic rings. The highest BCUT2D eigenvalue weighted by atomic mass is 19.1. The van der Waals surface area contributed by atoms with Crippen LogP contribution in [-0.4, -0.2) is 62.2 Å². The van der Waals surface area contributed by atoms with Gasteiger partial charge in [0.15, 0.2) is 5.82 Å². The molecule has 6 rings (SSSR count). The van der Waals surface area contributed by atoms with E-state index < -0.39 is 17.5 Å². The molecule has 2 aromatic heterocycles. The Morgan fingerprint density at radius 1 is 1.11 bits per heavy atom. The zero-order chi connectivity index (χ0) is 25.7. The predicted molar refractivity (Wildman–Crippen MR) is 135 cm³/mol. The Kier molecular flexibility index (Phi) is 5.94. The zero-order valence-electron chi connectivity index (χ0n) is 20.9. The number of hydrogen-bond donors (Lipinski definition) is 2. The average molecular weight is 509 g/mol. The maximum atomic E-state index is 15.8. The number of hydrogen-bond acceptors (Lipinski definition) is 8. The SMILES string of the molecule is COc1ncc(-c2ccc(-c3cnc(N(C4CC4)[C@H]4C[C@@H]5CCC[C@@](C)(N5)[C@H]4F)nn3)c(O)c2)cc1F. The second-order valence-electron chi connectivity index (χ2n) is 10.6. The van der Waals surface area contributed by atoms with Gasteiger partial charge in [0, 0.05) is 34.9 Å². The summed E-state index contributed by atoms with van der Waals surface area (Å²) < 4.78 is 34.8. The van der Waals surface area contributed by atoms with Crippen molar-refractivity contribution in [1.29, 1.82) is 0 Å². The van der Waals surface area contributed by atoms with Crippen LogP contribution in [0.1, 0.15) is 45.4 Å². The fourth-order valence-electron chi connectivity index (χ4n) is 5.92. The first-order valence-electron chi connectivity index (χ1n) is 12.8. The van der Waals surface area contributed by atoms with Crippen LogP contribution in [-0.2, 0) is 0 Å². The van der Waals surface area contributed by atoms with Crippen molar-refractivity contribution in [2.24, 2.45) is 0 Å². The van der Waals surface area contributed by atoms with E-state index in [0.29, 0.717) is 34.4 Å². The standard InChI is InChI=1S/C27H30F2N6O2/c1-27-9-3-4-17(32-27)12-22(24(27)29)35(18-6-7-18)26-31-14-21(33-34-26)19-8-5-15(11-23(19)36)16-10-20(28)25(37-2)30-13-16/h5,8,10-11,13-14,17-18,22,24,32,36H,3-4,6-7,9,12H2,1-2H3/t17-,22-,24-,27+/m0/s1. The molecule has 4 atom stereocenters. The van der Waals surface area contributed by atoms with Gasteiger partial charge in [-0.1, -0.05) is 6.07 Å².